The number of carbonyl (C=O) groups excluding carboxylic acids is 1. The van der Waals surface area contributed by atoms with E-state index >= 15 is 0 Å². The van der Waals surface area contributed by atoms with E-state index in [2.05, 4.69) is 36.8 Å². The van der Waals surface area contributed by atoms with Crippen LogP contribution in [0.25, 0.3) is 0 Å². The van der Waals surface area contributed by atoms with Crippen LogP contribution in [-0.2, 0) is 4.79 Å². The molecule has 0 aliphatic carbocycles. The largest absolute Gasteiger partial charge is 0.295 e. The molecule has 0 N–H and O–H groups in total. The number of carbonyl (C=O) groups is 1. The first-order chi connectivity index (χ1) is 7.61. The summed E-state index contributed by atoms with van der Waals surface area (Å²) in [7, 11) is 0. The molecule has 3 nitrogen and oxygen atoms in total. The maximum absolute atomic E-state index is 11.8. The summed E-state index contributed by atoms with van der Waals surface area (Å²) in [4.78, 5) is 17.6. The summed E-state index contributed by atoms with van der Waals surface area (Å²) in [5.41, 5.74) is 0. The second kappa shape index (κ2) is 5.02. The molecule has 2 rings (SSSR count). The number of amides is 1. The van der Waals surface area contributed by atoms with Gasteiger partial charge in [0.05, 0.1) is 5.02 Å². The number of halogens is 3. The Morgan fingerprint density at radius 3 is 2.94 bits per heavy atom. The predicted octanol–water partition coefficient (Wildman–Crippen LogP) is 3.25. The molecule has 1 aromatic rings. The van der Waals surface area contributed by atoms with Gasteiger partial charge in [-0.25, -0.2) is 4.98 Å². The molecule has 1 fully saturated rings. The zero-order valence-electron chi connectivity index (χ0n) is 8.29. The Morgan fingerprint density at radius 2 is 2.38 bits per heavy atom. The molecule has 0 saturated carbocycles. The molecule has 0 radical (unpaired) electrons. The fraction of sp³-hybridized carbons (Fsp3) is 0.400. The second-order valence-electron chi connectivity index (χ2n) is 3.69. The van der Waals surface area contributed by atoms with Crippen LogP contribution in [0, 0.1) is 5.92 Å². The third-order valence-electron chi connectivity index (χ3n) is 2.47. The molecule has 0 spiro atoms. The second-order valence-corrected chi connectivity index (χ2v) is 5.66. The molecule has 1 unspecified atom stereocenters. The Bertz CT molecular complexity index is 427. The van der Waals surface area contributed by atoms with E-state index in [1.807, 2.05) is 0 Å². The molecule has 0 bridgehead atoms. The summed E-state index contributed by atoms with van der Waals surface area (Å²) < 4.78 is 0.810. The fourth-order valence-corrected chi connectivity index (χ4v) is 2.86. The minimum absolute atomic E-state index is 0.0844. The van der Waals surface area contributed by atoms with E-state index in [-0.39, 0.29) is 5.91 Å². The van der Waals surface area contributed by atoms with Crippen LogP contribution in [0.5, 0.6) is 0 Å². The first-order valence-corrected chi connectivity index (χ1v) is 7.08. The zero-order chi connectivity index (χ0) is 11.7. The Labute approximate surface area is 115 Å². The van der Waals surface area contributed by atoms with Crippen molar-refractivity contribution in [1.82, 2.24) is 4.98 Å². The van der Waals surface area contributed by atoms with Gasteiger partial charge in [0.25, 0.3) is 0 Å². The summed E-state index contributed by atoms with van der Waals surface area (Å²) in [5, 5.41) is 1.32. The summed E-state index contributed by atoms with van der Waals surface area (Å²) in [6, 6.07) is 1.75. The Hall–Kier alpha value is -0.130. The Morgan fingerprint density at radius 1 is 1.62 bits per heavy atom. The number of alkyl halides is 1. The lowest BCUT2D eigenvalue weighted by Gasteiger charge is -2.16. The highest BCUT2D eigenvalue weighted by Gasteiger charge is 2.31. The van der Waals surface area contributed by atoms with Gasteiger partial charge in [0.1, 0.15) is 0 Å². The van der Waals surface area contributed by atoms with Crippen molar-refractivity contribution >= 4 is 55.2 Å². The minimum Gasteiger partial charge on any atom is -0.295 e. The van der Waals surface area contributed by atoms with Crippen LogP contribution in [-0.4, -0.2) is 22.8 Å². The van der Waals surface area contributed by atoms with Gasteiger partial charge in [-0.1, -0.05) is 27.5 Å². The highest BCUT2D eigenvalue weighted by atomic mass is 79.9. The van der Waals surface area contributed by atoms with Crippen LogP contribution in [0.3, 0.4) is 0 Å². The van der Waals surface area contributed by atoms with Crippen LogP contribution in [0.1, 0.15) is 6.42 Å². The number of hydrogen-bond donors (Lipinski definition) is 0. The van der Waals surface area contributed by atoms with Crippen molar-refractivity contribution in [3.8, 4) is 0 Å². The van der Waals surface area contributed by atoms with E-state index in [0.29, 0.717) is 29.7 Å². The van der Waals surface area contributed by atoms with E-state index in [1.54, 1.807) is 17.2 Å². The summed E-state index contributed by atoms with van der Waals surface area (Å²) in [5.74, 6) is 0.980. The molecule has 16 heavy (non-hydrogen) atoms. The van der Waals surface area contributed by atoms with Gasteiger partial charge in [0, 0.05) is 29.0 Å². The van der Waals surface area contributed by atoms with Crippen LogP contribution in [0.2, 0.25) is 5.02 Å². The average Bonchev–Trinajstić information content (AvgIpc) is 2.60. The smallest absolute Gasteiger partial charge is 0.228 e. The lowest BCUT2D eigenvalue weighted by Crippen LogP contribution is -2.25. The first kappa shape index (κ1) is 12.3. The number of aromatic nitrogens is 1. The van der Waals surface area contributed by atoms with Crippen molar-refractivity contribution in [3.63, 3.8) is 0 Å². The van der Waals surface area contributed by atoms with Crippen LogP contribution >= 0.6 is 43.5 Å². The van der Waals surface area contributed by atoms with E-state index in [9.17, 15) is 4.79 Å². The summed E-state index contributed by atoms with van der Waals surface area (Å²) in [6.07, 6.45) is 2.20. The highest BCUT2D eigenvalue weighted by Crippen LogP contribution is 2.31. The van der Waals surface area contributed by atoms with Gasteiger partial charge < -0.3 is 0 Å². The number of rotatable bonds is 2. The van der Waals surface area contributed by atoms with E-state index in [0.717, 1.165) is 9.80 Å². The standard InChI is InChI=1S/C10H9Br2ClN2O/c11-3-6-1-9(16)15(5-6)10-8(13)2-7(12)4-14-10/h2,4,6H,1,3,5H2. The number of anilines is 1. The highest BCUT2D eigenvalue weighted by molar-refractivity contribution is 9.10. The summed E-state index contributed by atoms with van der Waals surface area (Å²) in [6.45, 7) is 0.679. The van der Waals surface area contributed by atoms with Gasteiger partial charge in [0.15, 0.2) is 5.82 Å². The molecule has 1 amide bonds. The molecule has 86 valence electrons. The third-order valence-corrected chi connectivity index (χ3v) is 4.09. The number of hydrogen-bond acceptors (Lipinski definition) is 2. The van der Waals surface area contributed by atoms with Crippen molar-refractivity contribution in [3.05, 3.63) is 21.8 Å². The fourth-order valence-electron chi connectivity index (χ4n) is 1.70. The van der Waals surface area contributed by atoms with Gasteiger partial charge >= 0.3 is 0 Å². The Kier molecular flexibility index (Phi) is 3.87. The van der Waals surface area contributed by atoms with Gasteiger partial charge in [-0.2, -0.15) is 0 Å². The molecule has 1 aromatic heterocycles. The predicted molar refractivity (Wildman–Crippen MR) is 71.2 cm³/mol. The molecule has 1 saturated heterocycles. The van der Waals surface area contributed by atoms with Gasteiger partial charge in [-0.15, -0.1) is 0 Å². The topological polar surface area (TPSA) is 33.2 Å². The quantitative estimate of drug-likeness (QED) is 0.751. The SMILES string of the molecule is O=C1CC(CBr)CN1c1ncc(Br)cc1Cl. The molecule has 0 aromatic carbocycles. The molecule has 6 heteroatoms. The average molecular weight is 368 g/mol. The lowest BCUT2D eigenvalue weighted by atomic mass is 10.2. The number of nitrogens with zero attached hydrogens (tertiary/aromatic N) is 2. The van der Waals surface area contributed by atoms with Crippen molar-refractivity contribution in [1.29, 1.82) is 0 Å². The molecule has 1 atom stereocenters. The molecule has 2 heterocycles. The van der Waals surface area contributed by atoms with Crippen molar-refractivity contribution in [2.75, 3.05) is 16.8 Å². The minimum atomic E-state index is 0.0844. The van der Waals surface area contributed by atoms with E-state index < -0.39 is 0 Å². The molecular weight excluding hydrogens is 359 g/mol. The van der Waals surface area contributed by atoms with Crippen molar-refractivity contribution < 1.29 is 4.79 Å². The zero-order valence-corrected chi connectivity index (χ0v) is 12.2. The maximum atomic E-state index is 11.8. The van der Waals surface area contributed by atoms with Gasteiger partial charge in [-0.3, -0.25) is 9.69 Å². The number of pyridine rings is 1. The van der Waals surface area contributed by atoms with E-state index in [4.69, 9.17) is 11.6 Å². The molecule has 1 aliphatic heterocycles. The normalized spacial score (nSPS) is 20.6. The van der Waals surface area contributed by atoms with Crippen LogP contribution in [0.4, 0.5) is 5.82 Å². The first-order valence-electron chi connectivity index (χ1n) is 4.79. The van der Waals surface area contributed by atoms with Gasteiger partial charge in [-0.05, 0) is 27.9 Å². The third kappa shape index (κ3) is 2.41. The summed E-state index contributed by atoms with van der Waals surface area (Å²) >= 11 is 12.7. The molecule has 1 aliphatic rings. The van der Waals surface area contributed by atoms with E-state index in [1.165, 1.54) is 0 Å². The van der Waals surface area contributed by atoms with Crippen molar-refractivity contribution in [2.24, 2.45) is 5.92 Å². The lowest BCUT2D eigenvalue weighted by molar-refractivity contribution is -0.117. The Balaban J connectivity index is 2.28. The maximum Gasteiger partial charge on any atom is 0.228 e. The van der Waals surface area contributed by atoms with Gasteiger partial charge in [0.2, 0.25) is 5.91 Å². The van der Waals surface area contributed by atoms with Crippen molar-refractivity contribution in [2.45, 2.75) is 6.42 Å². The molecular formula is C10H9Br2ClN2O. The van der Waals surface area contributed by atoms with Crippen LogP contribution in [0.15, 0.2) is 16.7 Å². The monoisotopic (exact) mass is 366 g/mol. The van der Waals surface area contributed by atoms with Crippen LogP contribution < -0.4 is 4.90 Å².